The largest absolute Gasteiger partial charge is 0.397 e. The number of rotatable bonds is 4. The van der Waals surface area contributed by atoms with Crippen molar-refractivity contribution in [2.75, 3.05) is 37.6 Å². The average molecular weight is 435 g/mol. The Morgan fingerprint density at radius 1 is 1.19 bits per heavy atom. The molecule has 8 heteroatoms. The summed E-state index contributed by atoms with van der Waals surface area (Å²) in [5.74, 6) is 0.143. The number of carbonyl (C=O) groups excluding carboxylic acids is 1. The first-order valence-corrected chi connectivity index (χ1v) is 11.2. The first-order valence-electron chi connectivity index (χ1n) is 10.4. The van der Waals surface area contributed by atoms with E-state index in [0.29, 0.717) is 39.4 Å². The molecule has 0 atom stereocenters. The number of anilines is 2. The molecular formula is C23H26N6OS. The summed E-state index contributed by atoms with van der Waals surface area (Å²) >= 11 is 1.26. The fraction of sp³-hybridized carbons (Fsp3) is 0.348. The van der Waals surface area contributed by atoms with E-state index in [2.05, 4.69) is 28.1 Å². The number of nitriles is 1. The minimum absolute atomic E-state index is 0.0313. The number of nitrogen functional groups attached to an aromatic ring is 2. The monoisotopic (exact) mass is 434 g/mol. The molecule has 0 bridgehead atoms. The fourth-order valence-corrected chi connectivity index (χ4v) is 5.23. The van der Waals surface area contributed by atoms with Gasteiger partial charge in [-0.05, 0) is 17.0 Å². The molecule has 3 aromatic rings. The van der Waals surface area contributed by atoms with E-state index in [9.17, 15) is 10.1 Å². The van der Waals surface area contributed by atoms with E-state index >= 15 is 0 Å². The second kappa shape index (κ2) is 8.53. The van der Waals surface area contributed by atoms with Gasteiger partial charge in [0, 0.05) is 38.1 Å². The molecular weight excluding hydrogens is 408 g/mol. The van der Waals surface area contributed by atoms with E-state index in [1.807, 2.05) is 36.9 Å². The molecule has 1 aliphatic heterocycles. The maximum Gasteiger partial charge on any atom is 0.266 e. The molecule has 1 aromatic carbocycles. The van der Waals surface area contributed by atoms with E-state index in [-0.39, 0.29) is 17.6 Å². The molecule has 4 rings (SSSR count). The molecule has 0 unspecified atom stereocenters. The zero-order chi connectivity index (χ0) is 22.1. The number of fused-ring (bicyclic) bond motifs is 1. The number of nitrogens with two attached hydrogens (primary N) is 2. The normalized spacial score (nSPS) is 14.8. The van der Waals surface area contributed by atoms with Gasteiger partial charge in [-0.1, -0.05) is 44.2 Å². The van der Waals surface area contributed by atoms with E-state index in [4.69, 9.17) is 11.5 Å². The second-order valence-corrected chi connectivity index (χ2v) is 9.13. The van der Waals surface area contributed by atoms with Gasteiger partial charge >= 0.3 is 0 Å². The summed E-state index contributed by atoms with van der Waals surface area (Å²) in [5.41, 5.74) is 15.3. The minimum atomic E-state index is -0.0772. The van der Waals surface area contributed by atoms with Gasteiger partial charge < -0.3 is 16.4 Å². The van der Waals surface area contributed by atoms with Crippen molar-refractivity contribution in [1.82, 2.24) is 14.8 Å². The summed E-state index contributed by atoms with van der Waals surface area (Å²) in [6.07, 6.45) is 0. The lowest BCUT2D eigenvalue weighted by atomic mass is 9.95. The number of nitrogens with zero attached hydrogens (tertiary/aromatic N) is 4. The maximum atomic E-state index is 13.3. The van der Waals surface area contributed by atoms with Crippen LogP contribution in [-0.4, -0.2) is 46.9 Å². The van der Waals surface area contributed by atoms with Crippen molar-refractivity contribution in [3.8, 4) is 6.07 Å². The molecule has 0 aliphatic carbocycles. The Bertz CT molecular complexity index is 1160. The predicted octanol–water partition coefficient (Wildman–Crippen LogP) is 3.41. The van der Waals surface area contributed by atoms with Crippen LogP contribution in [0.2, 0.25) is 0 Å². The fourth-order valence-electron chi connectivity index (χ4n) is 4.15. The molecule has 160 valence electrons. The molecule has 31 heavy (non-hydrogen) atoms. The Labute approximate surface area is 185 Å². The lowest BCUT2D eigenvalue weighted by Gasteiger charge is -2.34. The third kappa shape index (κ3) is 3.94. The van der Waals surface area contributed by atoms with Gasteiger partial charge in [-0.2, -0.15) is 5.26 Å². The molecule has 4 N–H and O–H groups in total. The third-order valence-electron chi connectivity index (χ3n) is 5.74. The molecule has 3 heterocycles. The zero-order valence-corrected chi connectivity index (χ0v) is 18.6. The molecule has 1 amide bonds. The standard InChI is InChI=1S/C23H26N6OS/c1-14(2)17-16(12-24)21(26)27-22-18(17)19(25)20(31-22)23(30)29-10-8-28(9-11-29)13-15-6-4-3-5-7-15/h3-7,14H,8-11,13,25H2,1-2H3,(H2,26,27). The number of carbonyl (C=O) groups is 1. The number of pyridine rings is 1. The van der Waals surface area contributed by atoms with Gasteiger partial charge in [-0.3, -0.25) is 9.69 Å². The Kier molecular flexibility index (Phi) is 5.81. The maximum absolute atomic E-state index is 13.3. The van der Waals surface area contributed by atoms with Crippen LogP contribution in [0.1, 0.15) is 46.1 Å². The molecule has 0 spiro atoms. The van der Waals surface area contributed by atoms with Gasteiger partial charge in [0.15, 0.2) is 0 Å². The quantitative estimate of drug-likeness (QED) is 0.651. The van der Waals surface area contributed by atoms with Crippen LogP contribution >= 0.6 is 11.3 Å². The summed E-state index contributed by atoms with van der Waals surface area (Å²) in [5, 5.41) is 10.3. The number of piperazine rings is 1. The predicted molar refractivity (Wildman–Crippen MR) is 125 cm³/mol. The van der Waals surface area contributed by atoms with Gasteiger partial charge in [0.1, 0.15) is 21.6 Å². The minimum Gasteiger partial charge on any atom is -0.397 e. The molecule has 1 aliphatic rings. The van der Waals surface area contributed by atoms with Crippen LogP contribution in [-0.2, 0) is 6.54 Å². The number of benzene rings is 1. The number of hydrogen-bond donors (Lipinski definition) is 2. The van der Waals surface area contributed by atoms with Crippen molar-refractivity contribution in [3.63, 3.8) is 0 Å². The van der Waals surface area contributed by atoms with Gasteiger partial charge in [-0.25, -0.2) is 4.98 Å². The average Bonchev–Trinajstić information content (AvgIpc) is 3.09. The summed E-state index contributed by atoms with van der Waals surface area (Å²) in [6.45, 7) is 7.77. The van der Waals surface area contributed by atoms with E-state index < -0.39 is 0 Å². The number of hydrogen-bond acceptors (Lipinski definition) is 7. The van der Waals surface area contributed by atoms with Crippen molar-refractivity contribution in [1.29, 1.82) is 5.26 Å². The first-order chi connectivity index (χ1) is 14.9. The molecule has 1 saturated heterocycles. The summed E-state index contributed by atoms with van der Waals surface area (Å²) in [6, 6.07) is 12.5. The first kappa shape index (κ1) is 21.1. The van der Waals surface area contributed by atoms with Crippen LogP contribution in [0, 0.1) is 11.3 Å². The van der Waals surface area contributed by atoms with Gasteiger partial charge in [0.2, 0.25) is 0 Å². The second-order valence-electron chi connectivity index (χ2n) is 8.13. The lowest BCUT2D eigenvalue weighted by Crippen LogP contribution is -2.48. The van der Waals surface area contributed by atoms with Crippen LogP contribution in [0.15, 0.2) is 30.3 Å². The molecule has 7 nitrogen and oxygen atoms in total. The zero-order valence-electron chi connectivity index (χ0n) is 17.8. The van der Waals surface area contributed by atoms with E-state index in [0.717, 1.165) is 25.2 Å². The Balaban J connectivity index is 1.57. The highest BCUT2D eigenvalue weighted by molar-refractivity contribution is 7.21. The van der Waals surface area contributed by atoms with Crippen LogP contribution < -0.4 is 11.5 Å². The number of amides is 1. The smallest absolute Gasteiger partial charge is 0.266 e. The van der Waals surface area contributed by atoms with Crippen molar-refractivity contribution in [2.45, 2.75) is 26.3 Å². The Morgan fingerprint density at radius 2 is 1.87 bits per heavy atom. The molecule has 0 radical (unpaired) electrons. The van der Waals surface area contributed by atoms with Crippen LogP contribution in [0.3, 0.4) is 0 Å². The SMILES string of the molecule is CC(C)c1c(C#N)c(N)nc2sc(C(=O)N3CCN(Cc4ccccc4)CC3)c(N)c12. The van der Waals surface area contributed by atoms with Crippen LogP contribution in [0.25, 0.3) is 10.2 Å². The van der Waals surface area contributed by atoms with E-state index in [1.54, 1.807) is 0 Å². The molecule has 2 aromatic heterocycles. The number of thiophene rings is 1. The Morgan fingerprint density at radius 3 is 2.48 bits per heavy atom. The Hall–Kier alpha value is -3.15. The highest BCUT2D eigenvalue weighted by Gasteiger charge is 2.28. The van der Waals surface area contributed by atoms with E-state index in [1.165, 1.54) is 16.9 Å². The topological polar surface area (TPSA) is 112 Å². The summed E-state index contributed by atoms with van der Waals surface area (Å²) in [4.78, 5) is 23.0. The number of aromatic nitrogens is 1. The van der Waals surface area contributed by atoms with Crippen molar-refractivity contribution >= 4 is 39.0 Å². The van der Waals surface area contributed by atoms with Crippen molar-refractivity contribution in [2.24, 2.45) is 0 Å². The van der Waals surface area contributed by atoms with Crippen molar-refractivity contribution < 1.29 is 4.79 Å². The summed E-state index contributed by atoms with van der Waals surface area (Å²) in [7, 11) is 0. The van der Waals surface area contributed by atoms with Crippen LogP contribution in [0.5, 0.6) is 0 Å². The van der Waals surface area contributed by atoms with Gasteiger partial charge in [-0.15, -0.1) is 11.3 Å². The molecule has 0 saturated carbocycles. The van der Waals surface area contributed by atoms with Gasteiger partial charge in [0.25, 0.3) is 5.91 Å². The van der Waals surface area contributed by atoms with Crippen LogP contribution in [0.4, 0.5) is 11.5 Å². The third-order valence-corrected chi connectivity index (χ3v) is 6.82. The van der Waals surface area contributed by atoms with Crippen molar-refractivity contribution in [3.05, 3.63) is 51.9 Å². The highest BCUT2D eigenvalue weighted by atomic mass is 32.1. The van der Waals surface area contributed by atoms with Gasteiger partial charge in [0.05, 0.1) is 11.3 Å². The highest BCUT2D eigenvalue weighted by Crippen LogP contribution is 2.41. The lowest BCUT2D eigenvalue weighted by molar-refractivity contribution is 0.0634. The molecule has 1 fully saturated rings. The summed E-state index contributed by atoms with van der Waals surface area (Å²) < 4.78 is 0.